The van der Waals surface area contributed by atoms with Crippen LogP contribution in [-0.4, -0.2) is 36.3 Å². The van der Waals surface area contributed by atoms with Crippen molar-refractivity contribution in [3.05, 3.63) is 66.0 Å². The van der Waals surface area contributed by atoms with Crippen molar-refractivity contribution in [3.8, 4) is 0 Å². The summed E-state index contributed by atoms with van der Waals surface area (Å²) in [4.78, 5) is 27.7. The Morgan fingerprint density at radius 2 is 1.77 bits per heavy atom. The highest BCUT2D eigenvalue weighted by Crippen LogP contribution is 2.18. The third kappa shape index (κ3) is 2.83. The lowest BCUT2D eigenvalue weighted by molar-refractivity contribution is -0.120. The zero-order valence-electron chi connectivity index (χ0n) is 11.9. The maximum Gasteiger partial charge on any atom is 0.254 e. The van der Waals surface area contributed by atoms with Crippen LogP contribution in [-0.2, 0) is 4.79 Å². The van der Waals surface area contributed by atoms with Gasteiger partial charge in [0.1, 0.15) is 12.4 Å². The molecule has 112 valence electrons. The van der Waals surface area contributed by atoms with E-state index in [0.29, 0.717) is 13.1 Å². The van der Waals surface area contributed by atoms with Gasteiger partial charge in [-0.05, 0) is 30.3 Å². The van der Waals surface area contributed by atoms with E-state index in [-0.39, 0.29) is 23.9 Å². The predicted molar refractivity (Wildman–Crippen MR) is 81.1 cm³/mol. The van der Waals surface area contributed by atoms with Crippen LogP contribution in [0.25, 0.3) is 0 Å². The van der Waals surface area contributed by atoms with E-state index >= 15 is 0 Å². The minimum absolute atomic E-state index is 0.00421. The van der Waals surface area contributed by atoms with E-state index in [2.05, 4.69) is 0 Å². The first-order valence-corrected chi connectivity index (χ1v) is 7.05. The standard InChI is InChI=1S/C17H15FN2O2/c18-14-6-4-5-13(11-14)17(22)19-9-10-20(16(21)12-19)15-7-2-1-3-8-15/h1-8,11H,9-10,12H2. The van der Waals surface area contributed by atoms with Gasteiger partial charge in [-0.2, -0.15) is 0 Å². The van der Waals surface area contributed by atoms with E-state index in [4.69, 9.17) is 0 Å². The highest BCUT2D eigenvalue weighted by molar-refractivity contribution is 6.01. The van der Waals surface area contributed by atoms with Crippen LogP contribution >= 0.6 is 0 Å². The van der Waals surface area contributed by atoms with Gasteiger partial charge in [0.2, 0.25) is 5.91 Å². The lowest BCUT2D eigenvalue weighted by atomic mass is 10.1. The quantitative estimate of drug-likeness (QED) is 0.853. The molecule has 1 heterocycles. The van der Waals surface area contributed by atoms with Crippen LogP contribution in [0.2, 0.25) is 0 Å². The van der Waals surface area contributed by atoms with Crippen molar-refractivity contribution in [1.29, 1.82) is 0 Å². The molecule has 2 aromatic rings. The van der Waals surface area contributed by atoms with Crippen molar-refractivity contribution < 1.29 is 14.0 Å². The minimum atomic E-state index is -0.458. The molecule has 0 aromatic heterocycles. The number of hydrogen-bond donors (Lipinski definition) is 0. The molecule has 0 atom stereocenters. The fourth-order valence-corrected chi connectivity index (χ4v) is 2.53. The Hall–Kier alpha value is -2.69. The number of carbonyl (C=O) groups is 2. The predicted octanol–water partition coefficient (Wildman–Crippen LogP) is 2.31. The Bertz CT molecular complexity index is 703. The van der Waals surface area contributed by atoms with Crippen LogP contribution in [0, 0.1) is 5.82 Å². The molecule has 2 amide bonds. The second kappa shape index (κ2) is 5.97. The van der Waals surface area contributed by atoms with Crippen LogP contribution in [0.4, 0.5) is 10.1 Å². The van der Waals surface area contributed by atoms with Crippen LogP contribution in [0.15, 0.2) is 54.6 Å². The van der Waals surface area contributed by atoms with Gasteiger partial charge in [0.25, 0.3) is 5.91 Å². The number of hydrogen-bond acceptors (Lipinski definition) is 2. The minimum Gasteiger partial charge on any atom is -0.328 e. The van der Waals surface area contributed by atoms with Gasteiger partial charge in [0, 0.05) is 24.3 Å². The fourth-order valence-electron chi connectivity index (χ4n) is 2.53. The molecule has 0 saturated carbocycles. The molecule has 4 nitrogen and oxygen atoms in total. The summed E-state index contributed by atoms with van der Waals surface area (Å²) in [6, 6.07) is 14.9. The smallest absolute Gasteiger partial charge is 0.254 e. The van der Waals surface area contributed by atoms with Crippen molar-refractivity contribution in [2.45, 2.75) is 0 Å². The van der Waals surface area contributed by atoms with Gasteiger partial charge in [-0.3, -0.25) is 9.59 Å². The zero-order chi connectivity index (χ0) is 15.5. The Kier molecular flexibility index (Phi) is 3.87. The lowest BCUT2D eigenvalue weighted by Gasteiger charge is -2.34. The number of halogens is 1. The van der Waals surface area contributed by atoms with Gasteiger partial charge in [-0.25, -0.2) is 4.39 Å². The number of carbonyl (C=O) groups excluding carboxylic acids is 2. The fraction of sp³-hybridized carbons (Fsp3) is 0.176. The maximum absolute atomic E-state index is 13.2. The van der Waals surface area contributed by atoms with E-state index in [0.717, 1.165) is 5.69 Å². The second-order valence-electron chi connectivity index (χ2n) is 5.12. The third-order valence-corrected chi connectivity index (χ3v) is 3.65. The van der Waals surface area contributed by atoms with Gasteiger partial charge in [0.15, 0.2) is 0 Å². The molecule has 2 aromatic carbocycles. The highest BCUT2D eigenvalue weighted by atomic mass is 19.1. The molecule has 0 unspecified atom stereocenters. The number of amides is 2. The zero-order valence-corrected chi connectivity index (χ0v) is 11.9. The average molecular weight is 298 g/mol. The van der Waals surface area contributed by atoms with E-state index < -0.39 is 5.82 Å². The van der Waals surface area contributed by atoms with Gasteiger partial charge in [0.05, 0.1) is 0 Å². The molecule has 22 heavy (non-hydrogen) atoms. The normalized spacial score (nSPS) is 15.0. The molecule has 0 spiro atoms. The number of para-hydroxylation sites is 1. The van der Waals surface area contributed by atoms with Crippen molar-refractivity contribution in [3.63, 3.8) is 0 Å². The van der Waals surface area contributed by atoms with Crippen molar-refractivity contribution >= 4 is 17.5 Å². The first kappa shape index (κ1) is 14.3. The molecular formula is C17H15FN2O2. The Balaban J connectivity index is 1.73. The summed E-state index contributed by atoms with van der Waals surface area (Å²) in [6.07, 6.45) is 0. The molecule has 5 heteroatoms. The summed E-state index contributed by atoms with van der Waals surface area (Å²) in [5, 5.41) is 0. The summed E-state index contributed by atoms with van der Waals surface area (Å²) in [6.45, 7) is 0.865. The maximum atomic E-state index is 13.2. The molecule has 0 radical (unpaired) electrons. The van der Waals surface area contributed by atoms with Crippen LogP contribution in [0.1, 0.15) is 10.4 Å². The molecule has 0 bridgehead atoms. The highest BCUT2D eigenvalue weighted by Gasteiger charge is 2.28. The number of rotatable bonds is 2. The molecule has 3 rings (SSSR count). The first-order valence-electron chi connectivity index (χ1n) is 7.05. The van der Waals surface area contributed by atoms with Crippen LogP contribution < -0.4 is 4.90 Å². The summed E-state index contributed by atoms with van der Waals surface area (Å²) < 4.78 is 13.2. The van der Waals surface area contributed by atoms with Crippen LogP contribution in [0.5, 0.6) is 0 Å². The molecule has 1 aliphatic heterocycles. The van der Waals surface area contributed by atoms with Crippen molar-refractivity contribution in [2.24, 2.45) is 0 Å². The number of nitrogens with zero attached hydrogens (tertiary/aromatic N) is 2. The first-order chi connectivity index (χ1) is 10.6. The van der Waals surface area contributed by atoms with Crippen molar-refractivity contribution in [2.75, 3.05) is 24.5 Å². The number of benzene rings is 2. The molecule has 1 saturated heterocycles. The monoisotopic (exact) mass is 298 g/mol. The topological polar surface area (TPSA) is 40.6 Å². The van der Waals surface area contributed by atoms with E-state index in [1.807, 2.05) is 30.3 Å². The summed E-state index contributed by atoms with van der Waals surface area (Å²) in [7, 11) is 0. The summed E-state index contributed by atoms with van der Waals surface area (Å²) in [5.41, 5.74) is 1.09. The van der Waals surface area contributed by atoms with E-state index in [1.54, 1.807) is 11.0 Å². The third-order valence-electron chi connectivity index (χ3n) is 3.65. The lowest BCUT2D eigenvalue weighted by Crippen LogP contribution is -2.52. The van der Waals surface area contributed by atoms with Gasteiger partial charge in [-0.15, -0.1) is 0 Å². The van der Waals surface area contributed by atoms with Gasteiger partial charge < -0.3 is 9.80 Å². The summed E-state index contributed by atoms with van der Waals surface area (Å²) >= 11 is 0. The molecule has 0 N–H and O–H groups in total. The van der Waals surface area contributed by atoms with E-state index in [9.17, 15) is 14.0 Å². The Labute approximate surface area is 127 Å². The molecule has 0 aliphatic carbocycles. The van der Waals surface area contributed by atoms with Gasteiger partial charge in [-0.1, -0.05) is 24.3 Å². The second-order valence-corrected chi connectivity index (χ2v) is 5.12. The number of piperazine rings is 1. The van der Waals surface area contributed by atoms with E-state index in [1.165, 1.54) is 23.1 Å². The molecular weight excluding hydrogens is 283 g/mol. The summed E-state index contributed by atoms with van der Waals surface area (Å²) in [5.74, 6) is -0.914. The average Bonchev–Trinajstić information content (AvgIpc) is 2.55. The molecule has 1 aliphatic rings. The Morgan fingerprint density at radius 3 is 2.45 bits per heavy atom. The Morgan fingerprint density at radius 1 is 1.00 bits per heavy atom. The molecule has 1 fully saturated rings. The van der Waals surface area contributed by atoms with Crippen LogP contribution in [0.3, 0.4) is 0 Å². The number of anilines is 1. The SMILES string of the molecule is O=C(c1cccc(F)c1)N1CCN(c2ccccc2)C(=O)C1. The largest absolute Gasteiger partial charge is 0.328 e. The van der Waals surface area contributed by atoms with Crippen molar-refractivity contribution in [1.82, 2.24) is 4.90 Å². The van der Waals surface area contributed by atoms with Gasteiger partial charge >= 0.3 is 0 Å².